The van der Waals surface area contributed by atoms with E-state index in [4.69, 9.17) is 4.74 Å². The van der Waals surface area contributed by atoms with E-state index < -0.39 is 11.6 Å². The minimum atomic E-state index is -0.587. The highest BCUT2D eigenvalue weighted by atomic mass is 19.1. The molecule has 1 unspecified atom stereocenters. The van der Waals surface area contributed by atoms with Crippen molar-refractivity contribution in [2.45, 2.75) is 25.9 Å². The van der Waals surface area contributed by atoms with E-state index in [0.717, 1.165) is 42.3 Å². The maximum Gasteiger partial charge on any atom is 0.224 e. The largest absolute Gasteiger partial charge is 0.496 e. The number of likely N-dealkylation sites (tertiary alicyclic amines) is 1. The maximum atomic E-state index is 14.2. The van der Waals surface area contributed by atoms with Crippen LogP contribution in [-0.4, -0.2) is 31.0 Å². The number of hydrogen-bond acceptors (Lipinski definition) is 3. The molecule has 0 bridgehead atoms. The highest BCUT2D eigenvalue weighted by Crippen LogP contribution is 2.26. The van der Waals surface area contributed by atoms with Crippen LogP contribution in [0.3, 0.4) is 0 Å². The quantitative estimate of drug-likeness (QED) is 0.540. The standard InChI is InChI=1S/C27H28F2N2O2/c1-33-26-10-3-2-7-21(26)16-30-27(32)22-9-5-13-31(18-22)17-19-6-4-8-20(14-19)24-12-11-23(28)15-25(24)29/h2-4,6-8,10-12,14-15,22H,5,9,13,16-18H2,1H3,(H,30,32). The number of piperidine rings is 1. The summed E-state index contributed by atoms with van der Waals surface area (Å²) in [7, 11) is 1.62. The van der Waals surface area contributed by atoms with E-state index in [1.54, 1.807) is 7.11 Å². The van der Waals surface area contributed by atoms with Crippen LogP contribution >= 0.6 is 0 Å². The number of para-hydroxylation sites is 1. The molecule has 0 aromatic heterocycles. The van der Waals surface area contributed by atoms with Crippen molar-refractivity contribution in [3.63, 3.8) is 0 Å². The van der Waals surface area contributed by atoms with Crippen LogP contribution in [0.5, 0.6) is 5.75 Å². The smallest absolute Gasteiger partial charge is 0.224 e. The van der Waals surface area contributed by atoms with Crippen LogP contribution in [0.2, 0.25) is 0 Å². The van der Waals surface area contributed by atoms with Crippen molar-refractivity contribution in [2.75, 3.05) is 20.2 Å². The Balaban J connectivity index is 1.37. The molecular weight excluding hydrogens is 422 g/mol. The summed E-state index contributed by atoms with van der Waals surface area (Å²) in [5.74, 6) is -0.424. The third kappa shape index (κ3) is 5.76. The molecular formula is C27H28F2N2O2. The molecule has 1 atom stereocenters. The Bertz CT molecular complexity index is 1120. The Morgan fingerprint density at radius 1 is 1.09 bits per heavy atom. The Kier molecular flexibility index (Phi) is 7.35. The van der Waals surface area contributed by atoms with Gasteiger partial charge in [0.05, 0.1) is 13.0 Å². The van der Waals surface area contributed by atoms with Gasteiger partial charge < -0.3 is 10.1 Å². The summed E-state index contributed by atoms with van der Waals surface area (Å²) in [6, 6.07) is 18.9. The van der Waals surface area contributed by atoms with Crippen LogP contribution in [-0.2, 0) is 17.9 Å². The molecule has 1 N–H and O–H groups in total. The normalized spacial score (nSPS) is 16.4. The summed E-state index contributed by atoms with van der Waals surface area (Å²) in [6.45, 7) is 2.69. The van der Waals surface area contributed by atoms with E-state index in [1.807, 2.05) is 48.5 Å². The van der Waals surface area contributed by atoms with Crippen molar-refractivity contribution < 1.29 is 18.3 Å². The summed E-state index contributed by atoms with van der Waals surface area (Å²) in [6.07, 6.45) is 1.80. The van der Waals surface area contributed by atoms with Crippen LogP contribution < -0.4 is 10.1 Å². The molecule has 0 aliphatic carbocycles. The van der Waals surface area contributed by atoms with Crippen LogP contribution in [0.4, 0.5) is 8.78 Å². The van der Waals surface area contributed by atoms with Crippen LogP contribution in [0.1, 0.15) is 24.0 Å². The molecule has 1 heterocycles. The second-order valence-corrected chi connectivity index (χ2v) is 8.43. The number of amides is 1. The maximum absolute atomic E-state index is 14.2. The molecule has 4 rings (SSSR count). The summed E-state index contributed by atoms with van der Waals surface area (Å²) in [5.41, 5.74) is 3.08. The molecule has 172 valence electrons. The first-order valence-corrected chi connectivity index (χ1v) is 11.2. The molecule has 1 aliphatic rings. The molecule has 33 heavy (non-hydrogen) atoms. The van der Waals surface area contributed by atoms with Gasteiger partial charge in [-0.25, -0.2) is 8.78 Å². The second-order valence-electron chi connectivity index (χ2n) is 8.43. The molecule has 6 heteroatoms. The number of benzene rings is 3. The average Bonchev–Trinajstić information content (AvgIpc) is 2.83. The molecule has 0 spiro atoms. The van der Waals surface area contributed by atoms with Crippen molar-refractivity contribution in [3.05, 3.63) is 89.5 Å². The van der Waals surface area contributed by atoms with Crippen molar-refractivity contribution >= 4 is 5.91 Å². The van der Waals surface area contributed by atoms with E-state index in [0.29, 0.717) is 30.8 Å². The van der Waals surface area contributed by atoms with Gasteiger partial charge in [-0.2, -0.15) is 0 Å². The van der Waals surface area contributed by atoms with Crippen molar-refractivity contribution in [1.29, 1.82) is 0 Å². The number of methoxy groups -OCH3 is 1. The number of ether oxygens (including phenoxy) is 1. The van der Waals surface area contributed by atoms with Gasteiger partial charge in [0.15, 0.2) is 0 Å². The number of carbonyl (C=O) groups is 1. The lowest BCUT2D eigenvalue weighted by Crippen LogP contribution is -2.42. The Morgan fingerprint density at radius 3 is 2.76 bits per heavy atom. The monoisotopic (exact) mass is 450 g/mol. The molecule has 1 amide bonds. The van der Waals surface area contributed by atoms with Crippen LogP contribution in [0, 0.1) is 17.6 Å². The highest BCUT2D eigenvalue weighted by molar-refractivity contribution is 5.79. The minimum absolute atomic E-state index is 0.0488. The molecule has 1 aliphatic heterocycles. The molecule has 1 saturated heterocycles. The van der Waals surface area contributed by atoms with E-state index >= 15 is 0 Å². The summed E-state index contributed by atoms with van der Waals surface area (Å²) < 4.78 is 32.8. The van der Waals surface area contributed by atoms with Gasteiger partial charge in [0.1, 0.15) is 17.4 Å². The van der Waals surface area contributed by atoms with E-state index in [-0.39, 0.29) is 11.8 Å². The molecule has 3 aromatic rings. The van der Waals surface area contributed by atoms with Gasteiger partial charge >= 0.3 is 0 Å². The summed E-state index contributed by atoms with van der Waals surface area (Å²) >= 11 is 0. The zero-order valence-electron chi connectivity index (χ0n) is 18.7. The average molecular weight is 451 g/mol. The topological polar surface area (TPSA) is 41.6 Å². The third-order valence-electron chi connectivity index (χ3n) is 6.10. The van der Waals surface area contributed by atoms with Crippen LogP contribution in [0.15, 0.2) is 66.7 Å². The van der Waals surface area contributed by atoms with Crippen molar-refractivity contribution in [3.8, 4) is 16.9 Å². The van der Waals surface area contributed by atoms with Gasteiger partial charge in [0, 0.05) is 36.8 Å². The number of nitrogens with one attached hydrogen (secondary N) is 1. The fraction of sp³-hybridized carbons (Fsp3) is 0.296. The Morgan fingerprint density at radius 2 is 1.94 bits per heavy atom. The lowest BCUT2D eigenvalue weighted by atomic mass is 9.96. The molecule has 1 fully saturated rings. The van der Waals surface area contributed by atoms with E-state index in [1.165, 1.54) is 12.1 Å². The lowest BCUT2D eigenvalue weighted by Gasteiger charge is -2.32. The predicted molar refractivity (Wildman–Crippen MR) is 125 cm³/mol. The van der Waals surface area contributed by atoms with Crippen LogP contribution in [0.25, 0.3) is 11.1 Å². The summed E-state index contributed by atoms with van der Waals surface area (Å²) in [5, 5.41) is 3.05. The number of nitrogens with zero attached hydrogens (tertiary/aromatic N) is 1. The first-order valence-electron chi connectivity index (χ1n) is 11.2. The van der Waals surface area contributed by atoms with E-state index in [9.17, 15) is 13.6 Å². The van der Waals surface area contributed by atoms with Gasteiger partial charge in [-0.05, 0) is 54.8 Å². The number of hydrogen-bond donors (Lipinski definition) is 1. The fourth-order valence-corrected chi connectivity index (χ4v) is 4.41. The van der Waals surface area contributed by atoms with Gasteiger partial charge in [-0.1, -0.05) is 36.4 Å². The Labute approximate surface area is 193 Å². The molecule has 0 radical (unpaired) electrons. The third-order valence-corrected chi connectivity index (χ3v) is 6.10. The second kappa shape index (κ2) is 10.6. The van der Waals surface area contributed by atoms with Crippen molar-refractivity contribution in [1.82, 2.24) is 10.2 Å². The predicted octanol–water partition coefficient (Wildman–Crippen LogP) is 5.17. The highest BCUT2D eigenvalue weighted by Gasteiger charge is 2.26. The minimum Gasteiger partial charge on any atom is -0.496 e. The van der Waals surface area contributed by atoms with Gasteiger partial charge in [0.25, 0.3) is 0 Å². The first-order chi connectivity index (χ1) is 16.0. The zero-order valence-corrected chi connectivity index (χ0v) is 18.7. The lowest BCUT2D eigenvalue weighted by molar-refractivity contribution is -0.126. The van der Waals surface area contributed by atoms with Gasteiger partial charge in [0.2, 0.25) is 5.91 Å². The van der Waals surface area contributed by atoms with E-state index in [2.05, 4.69) is 10.2 Å². The SMILES string of the molecule is COc1ccccc1CNC(=O)C1CCCN(Cc2cccc(-c3ccc(F)cc3F)c2)C1. The fourth-order valence-electron chi connectivity index (χ4n) is 4.41. The molecule has 3 aromatic carbocycles. The van der Waals surface area contributed by atoms with Crippen molar-refractivity contribution in [2.24, 2.45) is 5.92 Å². The zero-order chi connectivity index (χ0) is 23.2. The molecule has 4 nitrogen and oxygen atoms in total. The first kappa shape index (κ1) is 22.9. The summed E-state index contributed by atoms with van der Waals surface area (Å²) in [4.78, 5) is 15.1. The van der Waals surface area contributed by atoms with Gasteiger partial charge in [-0.3, -0.25) is 9.69 Å². The number of rotatable bonds is 7. The number of carbonyl (C=O) groups excluding carboxylic acids is 1. The Hall–Kier alpha value is -3.25. The number of halogens is 2. The van der Waals surface area contributed by atoms with Gasteiger partial charge in [-0.15, -0.1) is 0 Å². The molecule has 0 saturated carbocycles.